The molecule has 2 aromatic carbocycles. The summed E-state index contributed by atoms with van der Waals surface area (Å²) < 4.78 is 0. The van der Waals surface area contributed by atoms with Crippen molar-refractivity contribution in [2.24, 2.45) is 0 Å². The highest BCUT2D eigenvalue weighted by Crippen LogP contribution is 2.37. The molecule has 1 aliphatic rings. The van der Waals surface area contributed by atoms with Crippen LogP contribution in [0.25, 0.3) is 10.8 Å². The Morgan fingerprint density at radius 1 is 1.14 bits per heavy atom. The molecule has 1 aliphatic carbocycles. The third-order valence-electron chi connectivity index (χ3n) is 4.75. The van der Waals surface area contributed by atoms with Gasteiger partial charge in [-0.15, -0.1) is 0 Å². The Kier molecular flexibility index (Phi) is 3.74. The number of benzene rings is 2. The van der Waals surface area contributed by atoms with Crippen molar-refractivity contribution in [3.63, 3.8) is 0 Å². The Hall–Kier alpha value is -2.15. The topological polar surface area (TPSA) is 23.9 Å². The first-order chi connectivity index (χ1) is 10.5. The van der Waals surface area contributed by atoms with Crippen LogP contribution in [0.15, 0.2) is 59.7 Å². The first kappa shape index (κ1) is 14.8. The number of hydrogen-bond acceptors (Lipinski definition) is 1. The molecule has 0 saturated carbocycles. The van der Waals surface area contributed by atoms with Crippen molar-refractivity contribution in [3.05, 3.63) is 70.8 Å². The Bertz CT molecular complexity index is 791. The maximum Gasteiger partial charge on any atom is 0.0253 e. The molecule has 0 fully saturated rings. The second kappa shape index (κ2) is 5.57. The van der Waals surface area contributed by atoms with Crippen LogP contribution in [0.5, 0.6) is 0 Å². The van der Waals surface area contributed by atoms with Gasteiger partial charge in [0.15, 0.2) is 0 Å². The van der Waals surface area contributed by atoms with E-state index in [1.807, 2.05) is 0 Å². The predicted molar refractivity (Wildman–Crippen MR) is 95.9 cm³/mol. The SMILES string of the molecule is CC1=C(CC(C)(C)c2cc3ccccc3cc2C=N)CC=C1. The lowest BCUT2D eigenvalue weighted by Crippen LogP contribution is -2.20. The Labute approximate surface area is 132 Å². The molecule has 1 nitrogen and oxygen atoms in total. The average Bonchev–Trinajstić information content (AvgIpc) is 2.90. The summed E-state index contributed by atoms with van der Waals surface area (Å²) in [6.45, 7) is 6.79. The lowest BCUT2D eigenvalue weighted by Gasteiger charge is -2.29. The van der Waals surface area contributed by atoms with E-state index in [0.29, 0.717) is 0 Å². The first-order valence-corrected chi connectivity index (χ1v) is 7.90. The van der Waals surface area contributed by atoms with Gasteiger partial charge in [-0.3, -0.25) is 0 Å². The van der Waals surface area contributed by atoms with Crippen LogP contribution >= 0.6 is 0 Å². The highest BCUT2D eigenvalue weighted by molar-refractivity contribution is 5.92. The zero-order chi connectivity index (χ0) is 15.7. The Morgan fingerprint density at radius 2 is 1.82 bits per heavy atom. The molecule has 0 aromatic heterocycles. The Balaban J connectivity index is 2.07. The van der Waals surface area contributed by atoms with Crippen molar-refractivity contribution in [3.8, 4) is 0 Å². The standard InChI is InChI=1S/C21H23N/c1-15-7-6-10-18(15)13-21(2,3)20-12-17-9-5-4-8-16(17)11-19(20)14-22/h4-9,11-12,14,22H,10,13H2,1-3H3. The summed E-state index contributed by atoms with van der Waals surface area (Å²) in [6.07, 6.45) is 8.09. The molecule has 0 bridgehead atoms. The van der Waals surface area contributed by atoms with Gasteiger partial charge in [-0.1, -0.05) is 61.4 Å². The molecule has 112 valence electrons. The summed E-state index contributed by atoms with van der Waals surface area (Å²) in [7, 11) is 0. The predicted octanol–water partition coefficient (Wildman–Crippen LogP) is 5.78. The van der Waals surface area contributed by atoms with Crippen LogP contribution in [-0.4, -0.2) is 6.21 Å². The minimum absolute atomic E-state index is 0.0273. The van der Waals surface area contributed by atoms with Crippen molar-refractivity contribution in [2.45, 2.75) is 39.0 Å². The van der Waals surface area contributed by atoms with Crippen LogP contribution in [0.3, 0.4) is 0 Å². The number of rotatable bonds is 4. The van der Waals surface area contributed by atoms with Crippen LogP contribution in [0.4, 0.5) is 0 Å². The van der Waals surface area contributed by atoms with Crippen molar-refractivity contribution < 1.29 is 0 Å². The zero-order valence-corrected chi connectivity index (χ0v) is 13.6. The molecule has 3 rings (SSSR count). The highest BCUT2D eigenvalue weighted by Gasteiger charge is 2.26. The fraction of sp³-hybridized carbons (Fsp3) is 0.286. The van der Waals surface area contributed by atoms with E-state index < -0.39 is 0 Å². The van der Waals surface area contributed by atoms with Gasteiger partial charge in [-0.25, -0.2) is 0 Å². The largest absolute Gasteiger partial charge is 0.308 e. The van der Waals surface area contributed by atoms with Crippen LogP contribution in [0, 0.1) is 5.41 Å². The molecule has 0 saturated heterocycles. The number of nitrogens with one attached hydrogen (secondary N) is 1. The van der Waals surface area contributed by atoms with Gasteiger partial charge in [0.2, 0.25) is 0 Å². The normalized spacial score (nSPS) is 14.9. The van der Waals surface area contributed by atoms with Gasteiger partial charge in [-0.05, 0) is 59.2 Å². The lowest BCUT2D eigenvalue weighted by atomic mass is 9.75. The molecule has 1 N–H and O–H groups in total. The van der Waals surface area contributed by atoms with E-state index in [1.165, 1.54) is 33.7 Å². The van der Waals surface area contributed by atoms with Crippen molar-refractivity contribution in [1.29, 1.82) is 5.41 Å². The molecule has 0 heterocycles. The van der Waals surface area contributed by atoms with Gasteiger partial charge < -0.3 is 5.41 Å². The van der Waals surface area contributed by atoms with Gasteiger partial charge in [0.05, 0.1) is 0 Å². The molecule has 2 aromatic rings. The van der Waals surface area contributed by atoms with Crippen LogP contribution < -0.4 is 0 Å². The lowest BCUT2D eigenvalue weighted by molar-refractivity contribution is 0.515. The van der Waals surface area contributed by atoms with Crippen molar-refractivity contribution >= 4 is 17.0 Å². The maximum absolute atomic E-state index is 7.81. The third kappa shape index (κ3) is 2.64. The molecule has 0 amide bonds. The fourth-order valence-electron chi connectivity index (χ4n) is 3.46. The van der Waals surface area contributed by atoms with Crippen LogP contribution in [0.1, 0.15) is 44.7 Å². The van der Waals surface area contributed by atoms with Gasteiger partial charge in [-0.2, -0.15) is 0 Å². The fourth-order valence-corrected chi connectivity index (χ4v) is 3.46. The molecular weight excluding hydrogens is 266 g/mol. The monoisotopic (exact) mass is 289 g/mol. The molecular formula is C21H23N. The third-order valence-corrected chi connectivity index (χ3v) is 4.75. The van der Waals surface area contributed by atoms with E-state index in [1.54, 1.807) is 0 Å². The smallest absolute Gasteiger partial charge is 0.0253 e. The molecule has 0 unspecified atom stereocenters. The van der Waals surface area contributed by atoms with Gasteiger partial charge >= 0.3 is 0 Å². The molecule has 1 heteroatoms. The summed E-state index contributed by atoms with van der Waals surface area (Å²) in [5.74, 6) is 0. The van der Waals surface area contributed by atoms with E-state index in [-0.39, 0.29) is 5.41 Å². The van der Waals surface area contributed by atoms with Crippen molar-refractivity contribution in [2.75, 3.05) is 0 Å². The number of hydrogen-bond donors (Lipinski definition) is 1. The minimum Gasteiger partial charge on any atom is -0.308 e. The summed E-state index contributed by atoms with van der Waals surface area (Å²) >= 11 is 0. The van der Waals surface area contributed by atoms with Crippen LogP contribution in [-0.2, 0) is 5.41 Å². The molecule has 0 aliphatic heterocycles. The maximum atomic E-state index is 7.81. The van der Waals surface area contributed by atoms with Gasteiger partial charge in [0.25, 0.3) is 0 Å². The van der Waals surface area contributed by atoms with E-state index >= 15 is 0 Å². The first-order valence-electron chi connectivity index (χ1n) is 7.90. The number of fused-ring (bicyclic) bond motifs is 1. The second-order valence-corrected chi connectivity index (χ2v) is 6.88. The molecule has 0 radical (unpaired) electrons. The van der Waals surface area contributed by atoms with E-state index in [0.717, 1.165) is 18.4 Å². The summed E-state index contributed by atoms with van der Waals surface area (Å²) in [6, 6.07) is 12.8. The van der Waals surface area contributed by atoms with E-state index in [4.69, 9.17) is 5.41 Å². The summed E-state index contributed by atoms with van der Waals surface area (Å²) in [4.78, 5) is 0. The van der Waals surface area contributed by atoms with E-state index in [9.17, 15) is 0 Å². The van der Waals surface area contributed by atoms with E-state index in [2.05, 4.69) is 69.3 Å². The highest BCUT2D eigenvalue weighted by atomic mass is 14.4. The number of allylic oxidation sites excluding steroid dienone is 4. The van der Waals surface area contributed by atoms with Gasteiger partial charge in [0, 0.05) is 6.21 Å². The molecule has 0 atom stereocenters. The quantitative estimate of drug-likeness (QED) is 0.690. The molecule has 22 heavy (non-hydrogen) atoms. The zero-order valence-electron chi connectivity index (χ0n) is 13.6. The average molecular weight is 289 g/mol. The summed E-state index contributed by atoms with van der Waals surface area (Å²) in [5, 5.41) is 10.3. The van der Waals surface area contributed by atoms with Crippen molar-refractivity contribution in [1.82, 2.24) is 0 Å². The molecule has 0 spiro atoms. The van der Waals surface area contributed by atoms with Crippen LogP contribution in [0.2, 0.25) is 0 Å². The van der Waals surface area contributed by atoms with Gasteiger partial charge in [0.1, 0.15) is 0 Å². The minimum atomic E-state index is 0.0273. The summed E-state index contributed by atoms with van der Waals surface area (Å²) in [5.41, 5.74) is 5.26. The Morgan fingerprint density at radius 3 is 2.41 bits per heavy atom. The second-order valence-electron chi connectivity index (χ2n) is 6.88.